The van der Waals surface area contributed by atoms with Crippen molar-refractivity contribution >= 4 is 17.5 Å². The number of halogens is 2. The van der Waals surface area contributed by atoms with Crippen LogP contribution in [0.15, 0.2) is 30.5 Å². The molecule has 7 nitrogen and oxygen atoms in total. The number of aliphatic hydroxyl groups excluding tert-OH is 1. The van der Waals surface area contributed by atoms with Crippen LogP contribution in [0.2, 0.25) is 5.02 Å². The Kier molecular flexibility index (Phi) is 8.97. The van der Waals surface area contributed by atoms with Crippen LogP contribution in [0.1, 0.15) is 69.2 Å². The van der Waals surface area contributed by atoms with E-state index >= 15 is 0 Å². The van der Waals surface area contributed by atoms with E-state index in [1.807, 2.05) is 6.20 Å². The summed E-state index contributed by atoms with van der Waals surface area (Å²) in [7, 11) is 1.43. The maximum absolute atomic E-state index is 14.0. The van der Waals surface area contributed by atoms with Crippen LogP contribution in [0.3, 0.4) is 0 Å². The van der Waals surface area contributed by atoms with Crippen LogP contribution in [0.4, 0.5) is 4.39 Å². The van der Waals surface area contributed by atoms with Gasteiger partial charge in [-0.1, -0.05) is 32.4 Å². The number of aliphatic hydroxyl groups is 1. The number of rotatable bonds is 10. The van der Waals surface area contributed by atoms with Crippen LogP contribution in [-0.4, -0.2) is 54.0 Å². The lowest BCUT2D eigenvalue weighted by atomic mass is 9.73. The summed E-state index contributed by atoms with van der Waals surface area (Å²) in [6.07, 6.45) is 5.91. The van der Waals surface area contributed by atoms with Gasteiger partial charge in [0.25, 0.3) is 0 Å². The number of fused-ring (bicyclic) bond motifs is 1. The normalized spacial score (nSPS) is 19.7. The Balaban J connectivity index is 1.52. The first-order chi connectivity index (χ1) is 17.9. The van der Waals surface area contributed by atoms with Gasteiger partial charge in [-0.15, -0.1) is 0 Å². The molecule has 0 unspecified atom stereocenters. The summed E-state index contributed by atoms with van der Waals surface area (Å²) in [5.41, 5.74) is 2.61. The number of pyridine rings is 1. The van der Waals surface area contributed by atoms with E-state index in [0.717, 1.165) is 43.2 Å². The number of hydrogen-bond donors (Lipinski definition) is 3. The molecule has 1 aliphatic carbocycles. The number of ether oxygens (including phenoxy) is 2. The van der Waals surface area contributed by atoms with Gasteiger partial charge in [-0.05, 0) is 72.9 Å². The van der Waals surface area contributed by atoms with Gasteiger partial charge in [0.1, 0.15) is 18.0 Å². The SMILES string of the molecule is COCC(=O)N[C@@H](Cc1cc(F)cc(Cl)c1)[C@H](O)CN[C@H]1CC2(CCC2)Oc2ncc(CC(C)(C)C)cc21. The van der Waals surface area contributed by atoms with Crippen molar-refractivity contribution in [3.8, 4) is 5.88 Å². The van der Waals surface area contributed by atoms with Crippen LogP contribution in [-0.2, 0) is 22.4 Å². The summed E-state index contributed by atoms with van der Waals surface area (Å²) < 4.78 is 25.3. The summed E-state index contributed by atoms with van der Waals surface area (Å²) in [4.78, 5) is 17.0. The van der Waals surface area contributed by atoms with Crippen LogP contribution in [0.5, 0.6) is 5.88 Å². The smallest absolute Gasteiger partial charge is 0.246 e. The number of nitrogens with one attached hydrogen (secondary N) is 2. The van der Waals surface area contributed by atoms with E-state index in [1.54, 1.807) is 6.07 Å². The molecule has 1 saturated carbocycles. The Morgan fingerprint density at radius 2 is 2.05 bits per heavy atom. The van der Waals surface area contributed by atoms with Crippen molar-refractivity contribution in [2.24, 2.45) is 5.41 Å². The summed E-state index contributed by atoms with van der Waals surface area (Å²) in [5, 5.41) is 17.8. The number of hydrogen-bond acceptors (Lipinski definition) is 6. The van der Waals surface area contributed by atoms with Gasteiger partial charge in [-0.2, -0.15) is 0 Å². The Hall–Kier alpha value is -2.26. The Labute approximate surface area is 229 Å². The molecule has 1 amide bonds. The Bertz CT molecular complexity index is 1120. The van der Waals surface area contributed by atoms with E-state index < -0.39 is 18.0 Å². The molecule has 0 bridgehead atoms. The molecular formula is C29H39ClFN3O4. The highest BCUT2D eigenvalue weighted by atomic mass is 35.5. The highest BCUT2D eigenvalue weighted by Crippen LogP contribution is 2.48. The zero-order chi connectivity index (χ0) is 27.5. The standard InChI is InChI=1S/C29H39ClFN3O4/c1-28(2,3)13-19-10-22-24(14-29(6-5-7-29)38-27(22)33-15-19)32-16-25(35)23(34-26(36)17-37-4)11-18-8-20(30)12-21(31)9-18/h8-10,12,15,23-25,32,35H,5-7,11,13-14,16-17H2,1-4H3,(H,34,36)/t23-,24-,25+/m0/s1. The van der Waals surface area contributed by atoms with Gasteiger partial charge in [-0.3, -0.25) is 4.79 Å². The van der Waals surface area contributed by atoms with Crippen LogP contribution < -0.4 is 15.4 Å². The lowest BCUT2D eigenvalue weighted by molar-refractivity contribution is -0.126. The first-order valence-corrected chi connectivity index (χ1v) is 13.7. The van der Waals surface area contributed by atoms with E-state index in [-0.39, 0.29) is 47.6 Å². The second-order valence-electron chi connectivity index (χ2n) is 11.9. The summed E-state index contributed by atoms with van der Waals surface area (Å²) in [6, 6.07) is 5.65. The fraction of sp³-hybridized carbons (Fsp3) is 0.586. The molecule has 2 heterocycles. The first-order valence-electron chi connectivity index (χ1n) is 13.3. The van der Waals surface area contributed by atoms with Crippen molar-refractivity contribution in [1.29, 1.82) is 0 Å². The lowest BCUT2D eigenvalue weighted by Crippen LogP contribution is -2.52. The molecule has 4 rings (SSSR count). The fourth-order valence-corrected chi connectivity index (χ4v) is 5.64. The minimum absolute atomic E-state index is 0.0555. The number of amides is 1. The first kappa shape index (κ1) is 28.7. The summed E-state index contributed by atoms with van der Waals surface area (Å²) in [6.45, 7) is 6.66. The number of carbonyl (C=O) groups is 1. The second kappa shape index (κ2) is 11.9. The second-order valence-corrected chi connectivity index (χ2v) is 12.4. The van der Waals surface area contributed by atoms with Crippen molar-refractivity contribution in [1.82, 2.24) is 15.6 Å². The molecule has 1 aromatic heterocycles. The van der Waals surface area contributed by atoms with Gasteiger partial charge in [0, 0.05) is 42.9 Å². The number of nitrogens with zero attached hydrogens (tertiary/aromatic N) is 1. The molecule has 0 radical (unpaired) electrons. The quantitative estimate of drug-likeness (QED) is 0.405. The van der Waals surface area contributed by atoms with E-state index in [1.165, 1.54) is 19.2 Å². The fourth-order valence-electron chi connectivity index (χ4n) is 5.40. The maximum atomic E-state index is 14.0. The number of aromatic nitrogens is 1. The van der Waals surface area contributed by atoms with Crippen molar-refractivity contribution < 1.29 is 23.8 Å². The van der Waals surface area contributed by atoms with Gasteiger partial charge in [0.15, 0.2) is 0 Å². The molecule has 2 aliphatic rings. The Morgan fingerprint density at radius 1 is 1.29 bits per heavy atom. The van der Waals surface area contributed by atoms with E-state index in [9.17, 15) is 14.3 Å². The average Bonchev–Trinajstić information content (AvgIpc) is 2.79. The molecule has 208 valence electrons. The molecule has 3 N–H and O–H groups in total. The molecule has 2 aromatic rings. The number of carbonyl (C=O) groups excluding carboxylic acids is 1. The third kappa shape index (κ3) is 7.44. The monoisotopic (exact) mass is 547 g/mol. The lowest BCUT2D eigenvalue weighted by Gasteiger charge is -2.47. The van der Waals surface area contributed by atoms with Gasteiger partial charge in [-0.25, -0.2) is 9.37 Å². The van der Waals surface area contributed by atoms with Gasteiger partial charge < -0.3 is 25.2 Å². The molecule has 38 heavy (non-hydrogen) atoms. The molecule has 9 heteroatoms. The van der Waals surface area contributed by atoms with Gasteiger partial charge in [0.2, 0.25) is 11.8 Å². The van der Waals surface area contributed by atoms with Crippen LogP contribution in [0.25, 0.3) is 0 Å². The highest BCUT2D eigenvalue weighted by Gasteiger charge is 2.46. The largest absolute Gasteiger partial charge is 0.471 e. The van der Waals surface area contributed by atoms with Gasteiger partial charge >= 0.3 is 0 Å². The molecule has 1 spiro atoms. The summed E-state index contributed by atoms with van der Waals surface area (Å²) in [5.74, 6) is -0.176. The minimum Gasteiger partial charge on any atom is -0.471 e. The predicted molar refractivity (Wildman–Crippen MR) is 145 cm³/mol. The summed E-state index contributed by atoms with van der Waals surface area (Å²) >= 11 is 6.04. The van der Waals surface area contributed by atoms with Crippen molar-refractivity contribution in [2.75, 3.05) is 20.3 Å². The maximum Gasteiger partial charge on any atom is 0.246 e. The highest BCUT2D eigenvalue weighted by molar-refractivity contribution is 6.30. The predicted octanol–water partition coefficient (Wildman–Crippen LogP) is 4.53. The van der Waals surface area contributed by atoms with Crippen LogP contribution in [0, 0.1) is 11.2 Å². The average molecular weight is 548 g/mol. The number of benzene rings is 1. The zero-order valence-electron chi connectivity index (χ0n) is 22.7. The van der Waals surface area contributed by atoms with Crippen molar-refractivity contribution in [2.45, 2.75) is 83.1 Å². The van der Waals surface area contributed by atoms with E-state index in [4.69, 9.17) is 21.1 Å². The minimum atomic E-state index is -0.952. The molecular weight excluding hydrogens is 509 g/mol. The third-order valence-corrected chi connectivity index (χ3v) is 7.46. The van der Waals surface area contributed by atoms with Crippen LogP contribution >= 0.6 is 11.6 Å². The van der Waals surface area contributed by atoms with Crippen molar-refractivity contribution in [3.05, 3.63) is 58.0 Å². The Morgan fingerprint density at radius 3 is 2.68 bits per heavy atom. The molecule has 1 fully saturated rings. The molecule has 1 aliphatic heterocycles. The topological polar surface area (TPSA) is 92.7 Å². The zero-order valence-corrected chi connectivity index (χ0v) is 23.4. The van der Waals surface area contributed by atoms with Crippen molar-refractivity contribution in [3.63, 3.8) is 0 Å². The number of methoxy groups -OCH3 is 1. The molecule has 0 saturated heterocycles. The van der Waals surface area contributed by atoms with Gasteiger partial charge in [0.05, 0.1) is 12.1 Å². The third-order valence-electron chi connectivity index (χ3n) is 7.24. The molecule has 3 atom stereocenters. The van der Waals surface area contributed by atoms with E-state index in [2.05, 4.69) is 42.5 Å². The van der Waals surface area contributed by atoms with E-state index in [0.29, 0.717) is 11.4 Å². The molecule has 1 aromatic carbocycles.